The van der Waals surface area contributed by atoms with E-state index in [1.54, 1.807) is 0 Å². The van der Waals surface area contributed by atoms with Crippen molar-refractivity contribution in [3.8, 4) is 0 Å². The fourth-order valence-electron chi connectivity index (χ4n) is 1.67. The average Bonchev–Trinajstić information content (AvgIpc) is 2.37. The van der Waals surface area contributed by atoms with Crippen LogP contribution in [0.4, 0.5) is 0 Å². The van der Waals surface area contributed by atoms with Gasteiger partial charge in [0.1, 0.15) is 0 Å². The summed E-state index contributed by atoms with van der Waals surface area (Å²) in [7, 11) is 0. The molecule has 13 heavy (non-hydrogen) atoms. The van der Waals surface area contributed by atoms with Crippen LogP contribution in [0.3, 0.4) is 0 Å². The number of likely N-dealkylation sites (N-methyl/N-ethyl adjacent to an activating group) is 1. The predicted octanol–water partition coefficient (Wildman–Crippen LogP) is 1.03. The van der Waals surface area contributed by atoms with Crippen molar-refractivity contribution in [3.63, 3.8) is 0 Å². The Morgan fingerprint density at radius 3 is 2.77 bits per heavy atom. The first-order valence-electron chi connectivity index (χ1n) is 4.74. The normalized spacial score (nSPS) is 22.5. The number of rotatable bonds is 3. The monoisotopic (exact) mass is 206 g/mol. The Morgan fingerprint density at radius 2 is 2.31 bits per heavy atom. The molecule has 4 heteroatoms. The first-order valence-corrected chi connectivity index (χ1v) is 4.74. The van der Waals surface area contributed by atoms with Crippen LogP contribution in [0.25, 0.3) is 0 Å². The lowest BCUT2D eigenvalue weighted by atomic mass is 10.2. The Kier molecular flexibility index (Phi) is 6.08. The Labute approximate surface area is 86.3 Å². The summed E-state index contributed by atoms with van der Waals surface area (Å²) in [6.07, 6.45) is 2.47. The zero-order valence-electron chi connectivity index (χ0n) is 8.38. The van der Waals surface area contributed by atoms with Crippen LogP contribution in [-0.4, -0.2) is 36.5 Å². The highest BCUT2D eigenvalue weighted by molar-refractivity contribution is 5.85. The quantitative estimate of drug-likeness (QED) is 0.748. The van der Waals surface area contributed by atoms with E-state index in [1.165, 1.54) is 12.8 Å². The second-order valence-electron chi connectivity index (χ2n) is 3.42. The molecule has 1 aliphatic rings. The molecule has 1 N–H and O–H groups in total. The number of nitrogens with one attached hydrogen (secondary N) is 1. The summed E-state index contributed by atoms with van der Waals surface area (Å²) in [5.41, 5.74) is 0. The lowest BCUT2D eigenvalue weighted by molar-refractivity contribution is -0.122. The number of halogens is 1. The van der Waals surface area contributed by atoms with Crippen LogP contribution in [0.5, 0.6) is 0 Å². The zero-order valence-corrected chi connectivity index (χ0v) is 9.19. The summed E-state index contributed by atoms with van der Waals surface area (Å²) >= 11 is 0. The van der Waals surface area contributed by atoms with Gasteiger partial charge in [-0.2, -0.15) is 0 Å². The van der Waals surface area contributed by atoms with Crippen molar-refractivity contribution < 1.29 is 4.79 Å². The molecular weight excluding hydrogens is 188 g/mol. The van der Waals surface area contributed by atoms with Gasteiger partial charge in [0, 0.05) is 12.6 Å². The van der Waals surface area contributed by atoms with Crippen molar-refractivity contribution in [1.82, 2.24) is 10.2 Å². The molecule has 1 amide bonds. The van der Waals surface area contributed by atoms with Gasteiger partial charge >= 0.3 is 0 Å². The predicted molar refractivity (Wildman–Crippen MR) is 56.2 cm³/mol. The molecule has 0 spiro atoms. The standard InChI is InChI=1S/C9H18N2O.ClH/c1-3-10-9(12)7-11-6-4-5-8(11)2;/h8H,3-7H2,1-2H3,(H,10,12);1H. The largest absolute Gasteiger partial charge is 0.355 e. The molecule has 1 unspecified atom stereocenters. The van der Waals surface area contributed by atoms with E-state index in [0.717, 1.165) is 13.1 Å². The summed E-state index contributed by atoms with van der Waals surface area (Å²) in [6.45, 7) is 6.53. The van der Waals surface area contributed by atoms with Gasteiger partial charge in [-0.05, 0) is 33.2 Å². The van der Waals surface area contributed by atoms with Crippen LogP contribution < -0.4 is 5.32 Å². The van der Waals surface area contributed by atoms with Crippen LogP contribution >= 0.6 is 12.4 Å². The first-order chi connectivity index (χ1) is 5.74. The van der Waals surface area contributed by atoms with E-state index < -0.39 is 0 Å². The fraction of sp³-hybridized carbons (Fsp3) is 0.889. The van der Waals surface area contributed by atoms with Gasteiger partial charge in [0.15, 0.2) is 0 Å². The van der Waals surface area contributed by atoms with Crippen molar-refractivity contribution >= 4 is 18.3 Å². The zero-order chi connectivity index (χ0) is 8.97. The maximum absolute atomic E-state index is 11.2. The third kappa shape index (κ3) is 3.96. The molecule has 1 atom stereocenters. The van der Waals surface area contributed by atoms with E-state index in [-0.39, 0.29) is 18.3 Å². The summed E-state index contributed by atoms with van der Waals surface area (Å²) in [6, 6.07) is 0.590. The lowest BCUT2D eigenvalue weighted by Crippen LogP contribution is -2.38. The van der Waals surface area contributed by atoms with E-state index in [0.29, 0.717) is 12.6 Å². The molecule has 1 aliphatic heterocycles. The van der Waals surface area contributed by atoms with Crippen LogP contribution in [0.15, 0.2) is 0 Å². The van der Waals surface area contributed by atoms with Gasteiger partial charge in [0.25, 0.3) is 0 Å². The minimum Gasteiger partial charge on any atom is -0.355 e. The summed E-state index contributed by atoms with van der Waals surface area (Å²) in [5, 5.41) is 2.81. The molecule has 1 fully saturated rings. The number of hydrogen-bond donors (Lipinski definition) is 1. The molecule has 0 bridgehead atoms. The third-order valence-corrected chi connectivity index (χ3v) is 2.41. The van der Waals surface area contributed by atoms with Crippen LogP contribution in [-0.2, 0) is 4.79 Å². The molecule has 1 saturated heterocycles. The van der Waals surface area contributed by atoms with Crippen molar-refractivity contribution in [2.45, 2.75) is 32.7 Å². The summed E-state index contributed by atoms with van der Waals surface area (Å²) < 4.78 is 0. The molecule has 0 aromatic carbocycles. The van der Waals surface area contributed by atoms with E-state index >= 15 is 0 Å². The Morgan fingerprint density at radius 1 is 1.62 bits per heavy atom. The summed E-state index contributed by atoms with van der Waals surface area (Å²) in [4.78, 5) is 13.4. The van der Waals surface area contributed by atoms with E-state index in [4.69, 9.17) is 0 Å². The molecule has 0 aliphatic carbocycles. The van der Waals surface area contributed by atoms with Crippen LogP contribution in [0.2, 0.25) is 0 Å². The van der Waals surface area contributed by atoms with Gasteiger partial charge in [0.05, 0.1) is 6.54 Å². The molecule has 3 nitrogen and oxygen atoms in total. The molecule has 0 aromatic heterocycles. The minimum atomic E-state index is 0. The van der Waals surface area contributed by atoms with Gasteiger partial charge in [0.2, 0.25) is 5.91 Å². The number of amides is 1. The third-order valence-electron chi connectivity index (χ3n) is 2.41. The van der Waals surface area contributed by atoms with Gasteiger partial charge in [-0.3, -0.25) is 9.69 Å². The van der Waals surface area contributed by atoms with Crippen LogP contribution in [0, 0.1) is 0 Å². The number of nitrogens with zero attached hydrogens (tertiary/aromatic N) is 1. The fourth-order valence-corrected chi connectivity index (χ4v) is 1.67. The number of likely N-dealkylation sites (tertiary alicyclic amines) is 1. The Bertz CT molecular complexity index is 164. The summed E-state index contributed by atoms with van der Waals surface area (Å²) in [5.74, 6) is 0.159. The molecule has 78 valence electrons. The highest BCUT2D eigenvalue weighted by Crippen LogP contribution is 2.14. The number of hydrogen-bond acceptors (Lipinski definition) is 2. The molecule has 0 radical (unpaired) electrons. The highest BCUT2D eigenvalue weighted by atomic mass is 35.5. The lowest BCUT2D eigenvalue weighted by Gasteiger charge is -2.19. The second kappa shape index (κ2) is 6.22. The Balaban J connectivity index is 0.00000144. The van der Waals surface area contributed by atoms with E-state index in [9.17, 15) is 4.79 Å². The van der Waals surface area contributed by atoms with Crippen molar-refractivity contribution in [2.24, 2.45) is 0 Å². The first kappa shape index (κ1) is 12.7. The van der Waals surface area contributed by atoms with Crippen molar-refractivity contribution in [1.29, 1.82) is 0 Å². The molecular formula is C9H19ClN2O. The number of carbonyl (C=O) groups excluding carboxylic acids is 1. The molecule has 0 saturated carbocycles. The maximum Gasteiger partial charge on any atom is 0.234 e. The van der Waals surface area contributed by atoms with Crippen molar-refractivity contribution in [3.05, 3.63) is 0 Å². The highest BCUT2D eigenvalue weighted by Gasteiger charge is 2.21. The average molecular weight is 207 g/mol. The molecule has 1 rings (SSSR count). The number of carbonyl (C=O) groups is 1. The molecule has 0 aromatic rings. The van der Waals surface area contributed by atoms with E-state index in [2.05, 4.69) is 17.1 Å². The van der Waals surface area contributed by atoms with E-state index in [1.807, 2.05) is 6.92 Å². The van der Waals surface area contributed by atoms with Crippen LogP contribution in [0.1, 0.15) is 26.7 Å². The van der Waals surface area contributed by atoms with Gasteiger partial charge in [-0.1, -0.05) is 0 Å². The smallest absolute Gasteiger partial charge is 0.234 e. The van der Waals surface area contributed by atoms with Gasteiger partial charge in [-0.25, -0.2) is 0 Å². The van der Waals surface area contributed by atoms with Crippen molar-refractivity contribution in [2.75, 3.05) is 19.6 Å². The SMILES string of the molecule is CCNC(=O)CN1CCCC1C.Cl. The maximum atomic E-state index is 11.2. The van der Waals surface area contributed by atoms with Gasteiger partial charge in [-0.15, -0.1) is 12.4 Å². The topological polar surface area (TPSA) is 32.3 Å². The molecule has 1 heterocycles. The Hall–Kier alpha value is -0.280. The minimum absolute atomic E-state index is 0. The second-order valence-corrected chi connectivity index (χ2v) is 3.42. The van der Waals surface area contributed by atoms with Gasteiger partial charge < -0.3 is 5.32 Å².